The third-order valence-corrected chi connectivity index (χ3v) is 6.23. The molecular formula is C27H25F3N2O2. The summed E-state index contributed by atoms with van der Waals surface area (Å²) < 4.78 is 40.1. The van der Waals surface area contributed by atoms with Crippen LogP contribution in [0.1, 0.15) is 33.0 Å². The molecule has 1 aliphatic rings. The summed E-state index contributed by atoms with van der Waals surface area (Å²) in [5, 5.41) is 0. The highest BCUT2D eigenvalue weighted by atomic mass is 19.4. The molecule has 0 bridgehead atoms. The molecular weight excluding hydrogens is 441 g/mol. The van der Waals surface area contributed by atoms with Crippen LogP contribution in [-0.2, 0) is 17.5 Å². The van der Waals surface area contributed by atoms with E-state index < -0.39 is 23.6 Å². The highest BCUT2D eigenvalue weighted by molar-refractivity contribution is 5.95. The Kier molecular flexibility index (Phi) is 6.72. The molecule has 2 amide bonds. The van der Waals surface area contributed by atoms with Crippen LogP contribution in [-0.4, -0.2) is 41.8 Å². The minimum absolute atomic E-state index is 0.145. The monoisotopic (exact) mass is 466 g/mol. The molecule has 1 heterocycles. The number of hydrogen-bond donors (Lipinski definition) is 0. The van der Waals surface area contributed by atoms with Crippen LogP contribution in [0.3, 0.4) is 0 Å². The van der Waals surface area contributed by atoms with Gasteiger partial charge >= 0.3 is 6.18 Å². The first-order valence-electron chi connectivity index (χ1n) is 11.0. The maximum Gasteiger partial charge on any atom is 0.416 e. The van der Waals surface area contributed by atoms with Gasteiger partial charge in [-0.15, -0.1) is 0 Å². The van der Waals surface area contributed by atoms with Gasteiger partial charge in [-0.3, -0.25) is 9.59 Å². The zero-order chi connectivity index (χ0) is 24.3. The van der Waals surface area contributed by atoms with Crippen LogP contribution < -0.4 is 0 Å². The number of alkyl halides is 3. The van der Waals surface area contributed by atoms with Crippen molar-refractivity contribution in [2.75, 3.05) is 20.1 Å². The van der Waals surface area contributed by atoms with Crippen LogP contribution in [0.5, 0.6) is 0 Å². The van der Waals surface area contributed by atoms with Crippen molar-refractivity contribution in [3.8, 4) is 0 Å². The Labute approximate surface area is 196 Å². The predicted octanol–water partition coefficient (Wildman–Crippen LogP) is 5.22. The first-order valence-corrected chi connectivity index (χ1v) is 11.0. The van der Waals surface area contributed by atoms with Crippen molar-refractivity contribution < 1.29 is 22.8 Å². The maximum atomic E-state index is 13.5. The third-order valence-electron chi connectivity index (χ3n) is 6.23. The summed E-state index contributed by atoms with van der Waals surface area (Å²) in [6.45, 7) is 0.690. The van der Waals surface area contributed by atoms with E-state index in [0.29, 0.717) is 17.7 Å². The topological polar surface area (TPSA) is 40.6 Å². The van der Waals surface area contributed by atoms with Gasteiger partial charge in [0.1, 0.15) is 0 Å². The molecule has 2 unspecified atom stereocenters. The van der Waals surface area contributed by atoms with Gasteiger partial charge in [-0.2, -0.15) is 13.2 Å². The zero-order valence-corrected chi connectivity index (χ0v) is 18.7. The number of nitrogens with zero attached hydrogens (tertiary/aromatic N) is 2. The summed E-state index contributed by atoms with van der Waals surface area (Å²) >= 11 is 0. The molecule has 3 aromatic carbocycles. The standard InChI is InChI=1S/C27H25F3N2O2/c1-31(16-19-9-4-2-5-10-19)26(34)24-18-32(25(33)20-11-6-3-7-12-20)17-23(24)21-13-8-14-22(15-21)27(28,29)30/h2-15,23-24H,16-18H2,1H3. The molecule has 4 rings (SSSR count). The first-order chi connectivity index (χ1) is 16.2. The maximum absolute atomic E-state index is 13.5. The molecule has 7 heteroatoms. The fourth-order valence-electron chi connectivity index (χ4n) is 4.48. The molecule has 34 heavy (non-hydrogen) atoms. The van der Waals surface area contributed by atoms with E-state index in [4.69, 9.17) is 0 Å². The van der Waals surface area contributed by atoms with E-state index in [2.05, 4.69) is 0 Å². The number of rotatable bonds is 5. The van der Waals surface area contributed by atoms with Crippen molar-refractivity contribution in [1.82, 2.24) is 9.80 Å². The highest BCUT2D eigenvalue weighted by Crippen LogP contribution is 2.38. The largest absolute Gasteiger partial charge is 0.416 e. The molecule has 1 aliphatic heterocycles. The molecule has 0 radical (unpaired) electrons. The number of hydrogen-bond acceptors (Lipinski definition) is 2. The summed E-state index contributed by atoms with van der Waals surface area (Å²) in [7, 11) is 1.68. The van der Waals surface area contributed by atoms with Gasteiger partial charge in [-0.05, 0) is 29.3 Å². The Morgan fingerprint density at radius 2 is 1.56 bits per heavy atom. The number of halogens is 3. The lowest BCUT2D eigenvalue weighted by Gasteiger charge is -2.25. The Balaban J connectivity index is 1.63. The quantitative estimate of drug-likeness (QED) is 0.517. The van der Waals surface area contributed by atoms with E-state index in [0.717, 1.165) is 17.7 Å². The molecule has 2 atom stereocenters. The Hall–Kier alpha value is -3.61. The van der Waals surface area contributed by atoms with Gasteiger partial charge in [-0.25, -0.2) is 0 Å². The molecule has 0 spiro atoms. The number of amides is 2. The minimum atomic E-state index is -4.49. The van der Waals surface area contributed by atoms with Crippen molar-refractivity contribution in [2.45, 2.75) is 18.6 Å². The summed E-state index contributed by atoms with van der Waals surface area (Å²) in [6.07, 6.45) is -4.49. The van der Waals surface area contributed by atoms with E-state index in [1.165, 1.54) is 6.07 Å². The Bertz CT molecular complexity index is 1150. The molecule has 176 valence electrons. The SMILES string of the molecule is CN(Cc1ccccc1)C(=O)C1CN(C(=O)c2ccccc2)CC1c1cccc(C(F)(F)F)c1. The van der Waals surface area contributed by atoms with Crippen LogP contribution in [0.4, 0.5) is 13.2 Å². The third kappa shape index (κ3) is 5.14. The number of benzene rings is 3. The molecule has 0 saturated carbocycles. The van der Waals surface area contributed by atoms with Gasteiger partial charge in [-0.1, -0.05) is 66.7 Å². The summed E-state index contributed by atoms with van der Waals surface area (Å²) in [4.78, 5) is 29.7. The van der Waals surface area contributed by atoms with Crippen LogP contribution in [0.2, 0.25) is 0 Å². The van der Waals surface area contributed by atoms with Crippen LogP contribution in [0.25, 0.3) is 0 Å². The Morgan fingerprint density at radius 1 is 0.912 bits per heavy atom. The van der Waals surface area contributed by atoms with E-state index in [9.17, 15) is 22.8 Å². The van der Waals surface area contributed by atoms with Gasteiger partial charge in [0, 0.05) is 38.2 Å². The highest BCUT2D eigenvalue weighted by Gasteiger charge is 2.42. The van der Waals surface area contributed by atoms with Crippen molar-refractivity contribution in [3.05, 3.63) is 107 Å². The molecule has 1 fully saturated rings. The summed E-state index contributed by atoms with van der Waals surface area (Å²) in [6, 6.07) is 23.2. The molecule has 3 aromatic rings. The van der Waals surface area contributed by atoms with Crippen LogP contribution in [0, 0.1) is 5.92 Å². The molecule has 0 aromatic heterocycles. The van der Waals surface area contributed by atoms with Gasteiger partial charge in [0.05, 0.1) is 11.5 Å². The first kappa shape index (κ1) is 23.5. The van der Waals surface area contributed by atoms with E-state index in [1.54, 1.807) is 53.2 Å². The van der Waals surface area contributed by atoms with Gasteiger partial charge in [0.15, 0.2) is 0 Å². The van der Waals surface area contributed by atoms with Gasteiger partial charge in [0.25, 0.3) is 5.91 Å². The normalized spacial score (nSPS) is 18.1. The minimum Gasteiger partial charge on any atom is -0.341 e. The van der Waals surface area contributed by atoms with Crippen LogP contribution >= 0.6 is 0 Å². The molecule has 4 nitrogen and oxygen atoms in total. The van der Waals surface area contributed by atoms with Gasteiger partial charge < -0.3 is 9.80 Å². The summed E-state index contributed by atoms with van der Waals surface area (Å²) in [5.41, 5.74) is 1.08. The smallest absolute Gasteiger partial charge is 0.341 e. The second-order valence-corrected chi connectivity index (χ2v) is 8.59. The number of likely N-dealkylation sites (tertiary alicyclic amines) is 1. The fraction of sp³-hybridized carbons (Fsp3) is 0.259. The average molecular weight is 467 g/mol. The molecule has 0 aliphatic carbocycles. The van der Waals surface area contributed by atoms with E-state index >= 15 is 0 Å². The summed E-state index contributed by atoms with van der Waals surface area (Å²) in [5.74, 6) is -1.63. The number of carbonyl (C=O) groups excluding carboxylic acids is 2. The second-order valence-electron chi connectivity index (χ2n) is 8.59. The molecule has 1 saturated heterocycles. The predicted molar refractivity (Wildman–Crippen MR) is 123 cm³/mol. The Morgan fingerprint density at radius 3 is 2.21 bits per heavy atom. The lowest BCUT2D eigenvalue weighted by atomic mass is 9.87. The van der Waals surface area contributed by atoms with Crippen LogP contribution in [0.15, 0.2) is 84.9 Å². The number of carbonyl (C=O) groups is 2. The van der Waals surface area contributed by atoms with Crippen molar-refractivity contribution in [3.63, 3.8) is 0 Å². The lowest BCUT2D eigenvalue weighted by molar-refractivity contribution is -0.137. The van der Waals surface area contributed by atoms with E-state index in [1.807, 2.05) is 30.3 Å². The average Bonchev–Trinajstić information content (AvgIpc) is 3.29. The van der Waals surface area contributed by atoms with Crippen molar-refractivity contribution in [1.29, 1.82) is 0 Å². The fourth-order valence-corrected chi connectivity index (χ4v) is 4.48. The molecule has 0 N–H and O–H groups in total. The van der Waals surface area contributed by atoms with Crippen molar-refractivity contribution in [2.24, 2.45) is 5.92 Å². The van der Waals surface area contributed by atoms with E-state index in [-0.39, 0.29) is 24.9 Å². The van der Waals surface area contributed by atoms with Crippen molar-refractivity contribution >= 4 is 11.8 Å². The second kappa shape index (κ2) is 9.71. The zero-order valence-electron chi connectivity index (χ0n) is 18.7. The van der Waals surface area contributed by atoms with Gasteiger partial charge in [0.2, 0.25) is 5.91 Å². The lowest BCUT2D eigenvalue weighted by Crippen LogP contribution is -2.36.